The SMILES string of the molecule is CCCCCCCC(Cl)CC(I)CCI. The number of alkyl halides is 3. The Morgan fingerprint density at radius 2 is 1.73 bits per heavy atom. The molecule has 0 aromatic heterocycles. The third-order valence-electron chi connectivity index (χ3n) is 2.55. The summed E-state index contributed by atoms with van der Waals surface area (Å²) in [6, 6.07) is 0. The molecule has 3 heteroatoms. The summed E-state index contributed by atoms with van der Waals surface area (Å²) in [6.45, 7) is 2.26. The first-order valence-corrected chi connectivity index (χ1v) is 9.25. The van der Waals surface area contributed by atoms with E-state index in [0.29, 0.717) is 5.38 Å². The highest BCUT2D eigenvalue weighted by atomic mass is 127. The van der Waals surface area contributed by atoms with Crippen LogP contribution in [0.2, 0.25) is 0 Å². The fraction of sp³-hybridized carbons (Fsp3) is 1.00. The van der Waals surface area contributed by atoms with E-state index in [9.17, 15) is 0 Å². The van der Waals surface area contributed by atoms with Gasteiger partial charge in [0, 0.05) is 13.7 Å². The highest BCUT2D eigenvalue weighted by molar-refractivity contribution is 14.1. The molecule has 0 bridgehead atoms. The molecule has 0 amide bonds. The van der Waals surface area contributed by atoms with Crippen LogP contribution in [-0.4, -0.2) is 13.7 Å². The number of unbranched alkanes of at least 4 members (excludes halogenated alkanes) is 4. The molecule has 0 saturated heterocycles. The maximum absolute atomic E-state index is 6.32. The molecule has 92 valence electrons. The van der Waals surface area contributed by atoms with Crippen LogP contribution in [0.4, 0.5) is 0 Å². The summed E-state index contributed by atoms with van der Waals surface area (Å²) in [6.07, 6.45) is 10.5. The second-order valence-electron chi connectivity index (χ2n) is 4.11. The second-order valence-corrected chi connectivity index (χ2v) is 7.57. The lowest BCUT2D eigenvalue weighted by Crippen LogP contribution is -2.08. The largest absolute Gasteiger partial charge is 0.123 e. The first kappa shape index (κ1) is 16.8. The molecule has 0 aromatic rings. The molecule has 0 nitrogen and oxygen atoms in total. The van der Waals surface area contributed by atoms with Gasteiger partial charge >= 0.3 is 0 Å². The van der Waals surface area contributed by atoms with Crippen molar-refractivity contribution in [2.24, 2.45) is 0 Å². The summed E-state index contributed by atoms with van der Waals surface area (Å²) in [5.74, 6) is 0. The van der Waals surface area contributed by atoms with Gasteiger partial charge in [-0.25, -0.2) is 0 Å². The number of hydrogen-bond donors (Lipinski definition) is 0. The van der Waals surface area contributed by atoms with E-state index >= 15 is 0 Å². The van der Waals surface area contributed by atoms with Crippen LogP contribution in [-0.2, 0) is 0 Å². The van der Waals surface area contributed by atoms with Crippen molar-refractivity contribution in [1.82, 2.24) is 0 Å². The molecule has 0 heterocycles. The summed E-state index contributed by atoms with van der Waals surface area (Å²) in [5, 5.41) is 0.413. The Bertz CT molecular complexity index is 131. The van der Waals surface area contributed by atoms with Crippen molar-refractivity contribution in [3.63, 3.8) is 0 Å². The molecule has 15 heavy (non-hydrogen) atoms. The van der Waals surface area contributed by atoms with Gasteiger partial charge in [-0.3, -0.25) is 0 Å². The average Bonchev–Trinajstić information content (AvgIpc) is 2.17. The molecular weight excluding hydrogens is 433 g/mol. The molecule has 0 saturated carbocycles. The Morgan fingerprint density at radius 1 is 1.07 bits per heavy atom. The summed E-state index contributed by atoms with van der Waals surface area (Å²) >= 11 is 11.3. The van der Waals surface area contributed by atoms with Crippen molar-refractivity contribution in [3.05, 3.63) is 0 Å². The van der Waals surface area contributed by atoms with E-state index in [1.54, 1.807) is 0 Å². The van der Waals surface area contributed by atoms with Gasteiger partial charge in [0.1, 0.15) is 0 Å². The van der Waals surface area contributed by atoms with Gasteiger partial charge in [0.05, 0.1) is 0 Å². The fourth-order valence-electron chi connectivity index (χ4n) is 1.60. The zero-order valence-corrected chi connectivity index (χ0v) is 14.7. The lowest BCUT2D eigenvalue weighted by Gasteiger charge is -2.13. The molecule has 0 aromatic carbocycles. The molecule has 0 radical (unpaired) electrons. The minimum atomic E-state index is 0.413. The fourth-order valence-corrected chi connectivity index (χ4v) is 5.14. The van der Waals surface area contributed by atoms with Crippen LogP contribution in [0.15, 0.2) is 0 Å². The van der Waals surface area contributed by atoms with Gasteiger partial charge in [-0.15, -0.1) is 11.6 Å². The molecule has 2 unspecified atom stereocenters. The van der Waals surface area contributed by atoms with Gasteiger partial charge in [-0.05, 0) is 19.3 Å². The molecular formula is C12H23ClI2. The minimum Gasteiger partial charge on any atom is -0.123 e. The zero-order valence-electron chi connectivity index (χ0n) is 9.65. The van der Waals surface area contributed by atoms with Crippen LogP contribution < -0.4 is 0 Å². The summed E-state index contributed by atoms with van der Waals surface area (Å²) in [7, 11) is 0. The molecule has 0 rings (SSSR count). The van der Waals surface area contributed by atoms with E-state index in [1.165, 1.54) is 55.8 Å². The van der Waals surface area contributed by atoms with Crippen molar-refractivity contribution in [2.75, 3.05) is 4.43 Å². The van der Waals surface area contributed by atoms with E-state index in [0.717, 1.165) is 3.92 Å². The van der Waals surface area contributed by atoms with Crippen molar-refractivity contribution in [2.45, 2.75) is 67.6 Å². The van der Waals surface area contributed by atoms with Gasteiger partial charge in [0.2, 0.25) is 0 Å². The van der Waals surface area contributed by atoms with Crippen molar-refractivity contribution < 1.29 is 0 Å². The monoisotopic (exact) mass is 456 g/mol. The Kier molecular flexibility index (Phi) is 13.6. The molecule has 0 aliphatic heterocycles. The predicted molar refractivity (Wildman–Crippen MR) is 88.9 cm³/mol. The molecule has 0 spiro atoms. The van der Waals surface area contributed by atoms with E-state index in [2.05, 4.69) is 52.1 Å². The Morgan fingerprint density at radius 3 is 2.33 bits per heavy atom. The number of hydrogen-bond acceptors (Lipinski definition) is 0. The molecule has 0 aliphatic carbocycles. The average molecular weight is 457 g/mol. The Balaban J connectivity index is 3.28. The third kappa shape index (κ3) is 12.0. The van der Waals surface area contributed by atoms with Gasteiger partial charge in [-0.1, -0.05) is 84.2 Å². The Labute approximate surface area is 128 Å². The lowest BCUT2D eigenvalue weighted by molar-refractivity contribution is 0.576. The quantitative estimate of drug-likeness (QED) is 0.216. The molecule has 0 aliphatic rings. The van der Waals surface area contributed by atoms with Crippen molar-refractivity contribution in [1.29, 1.82) is 0 Å². The van der Waals surface area contributed by atoms with E-state index in [1.807, 2.05) is 0 Å². The minimum absolute atomic E-state index is 0.413. The molecule has 2 atom stereocenters. The van der Waals surface area contributed by atoms with Crippen LogP contribution in [0.3, 0.4) is 0 Å². The van der Waals surface area contributed by atoms with Crippen LogP contribution in [0.1, 0.15) is 58.3 Å². The summed E-state index contributed by atoms with van der Waals surface area (Å²) in [5.41, 5.74) is 0. The predicted octanol–water partition coefficient (Wildman–Crippen LogP) is 5.97. The standard InChI is InChI=1S/C12H23ClI2/c1-2-3-4-5-6-7-11(13)10-12(15)8-9-14/h11-12H,2-10H2,1H3. The summed E-state index contributed by atoms with van der Waals surface area (Å²) in [4.78, 5) is 0. The normalized spacial score (nSPS) is 15.2. The molecule has 0 N–H and O–H groups in total. The van der Waals surface area contributed by atoms with Crippen LogP contribution in [0.25, 0.3) is 0 Å². The van der Waals surface area contributed by atoms with Crippen molar-refractivity contribution >= 4 is 56.8 Å². The number of rotatable bonds is 10. The van der Waals surface area contributed by atoms with Crippen molar-refractivity contribution in [3.8, 4) is 0 Å². The molecule has 0 fully saturated rings. The van der Waals surface area contributed by atoms with Crippen LogP contribution >= 0.6 is 56.8 Å². The first-order valence-electron chi connectivity index (χ1n) is 6.04. The topological polar surface area (TPSA) is 0 Å². The smallest absolute Gasteiger partial charge is 0.0346 e. The third-order valence-corrected chi connectivity index (χ3v) is 4.71. The maximum atomic E-state index is 6.32. The maximum Gasteiger partial charge on any atom is 0.0346 e. The summed E-state index contributed by atoms with van der Waals surface area (Å²) < 4.78 is 2.03. The van der Waals surface area contributed by atoms with Gasteiger partial charge in [0.25, 0.3) is 0 Å². The van der Waals surface area contributed by atoms with Gasteiger partial charge in [0.15, 0.2) is 0 Å². The van der Waals surface area contributed by atoms with Crippen LogP contribution in [0, 0.1) is 0 Å². The zero-order chi connectivity index (χ0) is 11.5. The Hall–Kier alpha value is 1.75. The second kappa shape index (κ2) is 12.2. The lowest BCUT2D eigenvalue weighted by atomic mass is 10.1. The van der Waals surface area contributed by atoms with Crippen LogP contribution in [0.5, 0.6) is 0 Å². The van der Waals surface area contributed by atoms with E-state index in [4.69, 9.17) is 11.6 Å². The van der Waals surface area contributed by atoms with Gasteiger partial charge < -0.3 is 0 Å². The van der Waals surface area contributed by atoms with E-state index < -0.39 is 0 Å². The number of halogens is 3. The van der Waals surface area contributed by atoms with E-state index in [-0.39, 0.29) is 0 Å². The highest BCUT2D eigenvalue weighted by Gasteiger charge is 2.10. The first-order chi connectivity index (χ1) is 7.20. The highest BCUT2D eigenvalue weighted by Crippen LogP contribution is 2.21. The van der Waals surface area contributed by atoms with Gasteiger partial charge in [-0.2, -0.15) is 0 Å².